The molecule has 0 spiro atoms. The first-order valence-electron chi connectivity index (χ1n) is 11.2. The first kappa shape index (κ1) is 24.6. The summed E-state index contributed by atoms with van der Waals surface area (Å²) in [6, 6.07) is 23.4. The molecule has 1 aliphatic heterocycles. The van der Waals surface area contributed by atoms with Crippen LogP contribution in [0.3, 0.4) is 0 Å². The van der Waals surface area contributed by atoms with Gasteiger partial charge in [0.2, 0.25) is 10.0 Å². The van der Waals surface area contributed by atoms with E-state index in [1.807, 2.05) is 61.5 Å². The number of benzene rings is 3. The van der Waals surface area contributed by atoms with E-state index in [9.17, 15) is 13.2 Å². The van der Waals surface area contributed by atoms with Crippen molar-refractivity contribution in [2.75, 3.05) is 13.7 Å². The second kappa shape index (κ2) is 10.4. The molecule has 0 aliphatic carbocycles. The molecule has 3 aromatic rings. The molecule has 2 atom stereocenters. The number of sulfonamides is 1. The lowest BCUT2D eigenvalue weighted by molar-refractivity contribution is -0.132. The van der Waals surface area contributed by atoms with Crippen LogP contribution in [0, 0.1) is 0 Å². The van der Waals surface area contributed by atoms with E-state index in [1.165, 1.54) is 12.1 Å². The largest absolute Gasteiger partial charge is 0.497 e. The quantitative estimate of drug-likeness (QED) is 0.500. The van der Waals surface area contributed by atoms with E-state index >= 15 is 0 Å². The molecule has 0 fully saturated rings. The Morgan fingerprint density at radius 1 is 1.09 bits per heavy atom. The van der Waals surface area contributed by atoms with Crippen LogP contribution in [0.1, 0.15) is 42.1 Å². The van der Waals surface area contributed by atoms with E-state index in [4.69, 9.17) is 15.0 Å². The minimum atomic E-state index is -3.75. The number of hydrazone groups is 1. The summed E-state index contributed by atoms with van der Waals surface area (Å²) in [6.07, 6.45) is 0.604. The van der Waals surface area contributed by atoms with Crippen LogP contribution in [-0.2, 0) is 14.8 Å². The molecule has 0 bridgehead atoms. The summed E-state index contributed by atoms with van der Waals surface area (Å²) in [5.41, 5.74) is 3.65. The van der Waals surface area contributed by atoms with Crippen molar-refractivity contribution in [1.29, 1.82) is 0 Å². The van der Waals surface area contributed by atoms with Gasteiger partial charge in [0.15, 0.2) is 0 Å². The van der Waals surface area contributed by atoms with Crippen LogP contribution in [0.25, 0.3) is 0 Å². The van der Waals surface area contributed by atoms with E-state index in [0.717, 1.165) is 28.2 Å². The first-order valence-corrected chi connectivity index (χ1v) is 12.8. The third kappa shape index (κ3) is 5.76. The van der Waals surface area contributed by atoms with Gasteiger partial charge in [0, 0.05) is 12.5 Å². The molecule has 4 rings (SSSR count). The van der Waals surface area contributed by atoms with Gasteiger partial charge in [-0.05, 0) is 47.9 Å². The second-order valence-electron chi connectivity index (χ2n) is 8.36. The normalized spacial score (nSPS) is 16.6. The highest BCUT2D eigenvalue weighted by Crippen LogP contribution is 2.33. The third-order valence-corrected chi connectivity index (χ3v) is 6.97. The maximum Gasteiger partial charge on any atom is 0.257 e. The summed E-state index contributed by atoms with van der Waals surface area (Å²) in [7, 11) is -2.13. The Labute approximate surface area is 205 Å². The van der Waals surface area contributed by atoms with Gasteiger partial charge in [-0.15, -0.1) is 0 Å². The van der Waals surface area contributed by atoms with E-state index in [1.54, 1.807) is 24.3 Å². The van der Waals surface area contributed by atoms with Crippen LogP contribution in [0.4, 0.5) is 0 Å². The third-order valence-electron chi connectivity index (χ3n) is 6.04. The van der Waals surface area contributed by atoms with Gasteiger partial charge in [-0.2, -0.15) is 5.10 Å². The zero-order valence-electron chi connectivity index (χ0n) is 19.6. The Morgan fingerprint density at radius 3 is 2.34 bits per heavy atom. The number of amides is 1. The fourth-order valence-corrected chi connectivity index (χ4v) is 4.53. The molecule has 9 heteroatoms. The van der Waals surface area contributed by atoms with Crippen molar-refractivity contribution in [1.82, 2.24) is 10.3 Å². The molecular formula is C26H28N4O4S. The van der Waals surface area contributed by atoms with Gasteiger partial charge in [0.1, 0.15) is 5.75 Å². The van der Waals surface area contributed by atoms with Crippen molar-refractivity contribution in [3.05, 3.63) is 95.6 Å². The SMILES string of the molecule is COc1ccc([C@@H]2CC(c3ccccc3)=NN2C(=O)CN[C@@H](C)c2ccc(S(N)(=O)=O)cc2)cc1. The zero-order chi connectivity index (χ0) is 25.0. The van der Waals surface area contributed by atoms with Crippen LogP contribution in [0.2, 0.25) is 0 Å². The van der Waals surface area contributed by atoms with E-state index in [-0.39, 0.29) is 29.4 Å². The lowest BCUT2D eigenvalue weighted by Crippen LogP contribution is -2.36. The summed E-state index contributed by atoms with van der Waals surface area (Å²) >= 11 is 0. The fraction of sp³-hybridized carbons (Fsp3) is 0.231. The molecule has 35 heavy (non-hydrogen) atoms. The standard InChI is InChI=1S/C26H28N4O4S/c1-18(19-10-14-23(15-11-19)35(27,32)33)28-17-26(31)30-25(21-8-12-22(34-2)13-9-21)16-24(29-30)20-6-4-3-5-7-20/h3-15,18,25,28H,16-17H2,1-2H3,(H2,27,32,33)/t18-,25-/m0/s1. The number of primary sulfonamides is 1. The van der Waals surface area contributed by atoms with Crippen LogP contribution in [0.5, 0.6) is 5.75 Å². The van der Waals surface area contributed by atoms with Gasteiger partial charge in [-0.3, -0.25) is 4.79 Å². The van der Waals surface area contributed by atoms with Crippen LogP contribution in [-0.4, -0.2) is 38.7 Å². The number of methoxy groups -OCH3 is 1. The average Bonchev–Trinajstić information content (AvgIpc) is 3.33. The average molecular weight is 493 g/mol. The van der Waals surface area contributed by atoms with Gasteiger partial charge >= 0.3 is 0 Å². The van der Waals surface area contributed by atoms with E-state index in [2.05, 4.69) is 5.32 Å². The van der Waals surface area contributed by atoms with Gasteiger partial charge in [0.25, 0.3) is 5.91 Å². The number of nitrogens with one attached hydrogen (secondary N) is 1. The molecule has 182 valence electrons. The Morgan fingerprint density at radius 2 is 1.74 bits per heavy atom. The number of nitrogens with zero attached hydrogens (tertiary/aromatic N) is 2. The minimum Gasteiger partial charge on any atom is -0.497 e. The summed E-state index contributed by atoms with van der Waals surface area (Å²) in [4.78, 5) is 13.3. The monoisotopic (exact) mass is 492 g/mol. The topological polar surface area (TPSA) is 114 Å². The van der Waals surface area contributed by atoms with Crippen molar-refractivity contribution in [3.8, 4) is 5.75 Å². The number of carbonyl (C=O) groups excluding carboxylic acids is 1. The Balaban J connectivity index is 1.50. The van der Waals surface area contributed by atoms with Crippen molar-refractivity contribution in [2.24, 2.45) is 10.2 Å². The van der Waals surface area contributed by atoms with Crippen molar-refractivity contribution < 1.29 is 17.9 Å². The lowest BCUT2D eigenvalue weighted by atomic mass is 9.98. The molecule has 1 heterocycles. The molecule has 3 aromatic carbocycles. The van der Waals surface area contributed by atoms with Gasteiger partial charge in [-0.25, -0.2) is 18.6 Å². The maximum atomic E-state index is 13.3. The highest BCUT2D eigenvalue weighted by atomic mass is 32.2. The first-order chi connectivity index (χ1) is 16.8. The van der Waals surface area contributed by atoms with Gasteiger partial charge in [-0.1, -0.05) is 54.6 Å². The highest BCUT2D eigenvalue weighted by molar-refractivity contribution is 7.89. The van der Waals surface area contributed by atoms with Crippen molar-refractivity contribution >= 4 is 21.6 Å². The summed E-state index contributed by atoms with van der Waals surface area (Å²) in [6.45, 7) is 1.97. The van der Waals surface area contributed by atoms with Crippen LogP contribution >= 0.6 is 0 Å². The number of hydrogen-bond acceptors (Lipinski definition) is 6. The molecule has 1 amide bonds. The number of rotatable bonds is 8. The van der Waals surface area contributed by atoms with E-state index < -0.39 is 10.0 Å². The predicted octanol–water partition coefficient (Wildman–Crippen LogP) is 3.37. The molecule has 0 saturated heterocycles. The van der Waals surface area contributed by atoms with Gasteiger partial charge < -0.3 is 10.1 Å². The van der Waals surface area contributed by atoms with Gasteiger partial charge in [0.05, 0.1) is 30.3 Å². The van der Waals surface area contributed by atoms with Crippen molar-refractivity contribution in [2.45, 2.75) is 30.3 Å². The van der Waals surface area contributed by atoms with E-state index in [0.29, 0.717) is 6.42 Å². The Bertz CT molecular complexity index is 1310. The molecular weight excluding hydrogens is 464 g/mol. The Kier molecular flexibility index (Phi) is 7.30. The summed E-state index contributed by atoms with van der Waals surface area (Å²) < 4.78 is 28.2. The number of carbonyl (C=O) groups is 1. The highest BCUT2D eigenvalue weighted by Gasteiger charge is 2.33. The molecule has 8 nitrogen and oxygen atoms in total. The number of ether oxygens (including phenoxy) is 1. The molecule has 1 aliphatic rings. The molecule has 3 N–H and O–H groups in total. The maximum absolute atomic E-state index is 13.3. The second-order valence-corrected chi connectivity index (χ2v) is 9.92. The lowest BCUT2D eigenvalue weighted by Gasteiger charge is -2.23. The van der Waals surface area contributed by atoms with Crippen molar-refractivity contribution in [3.63, 3.8) is 0 Å². The smallest absolute Gasteiger partial charge is 0.257 e. The van der Waals surface area contributed by atoms with Crippen LogP contribution < -0.4 is 15.2 Å². The molecule has 0 saturated carbocycles. The Hall–Kier alpha value is -3.53. The molecule has 0 aromatic heterocycles. The fourth-order valence-electron chi connectivity index (χ4n) is 4.02. The summed E-state index contributed by atoms with van der Waals surface area (Å²) in [5, 5.41) is 14.6. The number of nitrogens with two attached hydrogens (primary N) is 1. The zero-order valence-corrected chi connectivity index (χ0v) is 20.4. The minimum absolute atomic E-state index is 0.0479. The van der Waals surface area contributed by atoms with Crippen LogP contribution in [0.15, 0.2) is 88.9 Å². The predicted molar refractivity (Wildman–Crippen MR) is 134 cm³/mol. The molecule has 0 radical (unpaired) electrons. The molecule has 0 unspecified atom stereocenters. The summed E-state index contributed by atoms with van der Waals surface area (Å²) in [5.74, 6) is 0.586. The number of hydrogen-bond donors (Lipinski definition) is 2.